The second kappa shape index (κ2) is 5.77. The molecule has 1 saturated heterocycles. The molecule has 0 aliphatic carbocycles. The van der Waals surface area contributed by atoms with E-state index in [4.69, 9.17) is 12.2 Å². The molecule has 0 spiro atoms. The number of likely N-dealkylation sites (tertiary alicyclic amines) is 1. The summed E-state index contributed by atoms with van der Waals surface area (Å²) in [4.78, 5) is 13.7. The first kappa shape index (κ1) is 12.1. The highest BCUT2D eigenvalue weighted by Gasteiger charge is 2.22. The molecule has 84 valence electrons. The summed E-state index contributed by atoms with van der Waals surface area (Å²) < 4.78 is 0. The van der Waals surface area contributed by atoms with E-state index in [1.165, 1.54) is 6.42 Å². The van der Waals surface area contributed by atoms with E-state index in [2.05, 4.69) is 12.8 Å². The maximum absolute atomic E-state index is 11.9. The number of terminal acetylenes is 1. The molecular weight excluding hydrogens is 188 g/mol. The zero-order chi connectivity index (χ0) is 11.3. The summed E-state index contributed by atoms with van der Waals surface area (Å²) in [5, 5.41) is 0. The molecule has 3 heteroatoms. The summed E-state index contributed by atoms with van der Waals surface area (Å²) in [6, 6.07) is -0.511. The topological polar surface area (TPSA) is 46.3 Å². The van der Waals surface area contributed by atoms with Crippen molar-refractivity contribution in [2.24, 2.45) is 11.7 Å². The molecule has 0 radical (unpaired) electrons. The quantitative estimate of drug-likeness (QED) is 0.688. The summed E-state index contributed by atoms with van der Waals surface area (Å²) in [6.07, 6.45) is 8.85. The summed E-state index contributed by atoms with van der Waals surface area (Å²) in [5.74, 6) is 3.17. The Kier molecular flexibility index (Phi) is 4.64. The first-order valence-electron chi connectivity index (χ1n) is 5.63. The largest absolute Gasteiger partial charge is 0.341 e. The van der Waals surface area contributed by atoms with Gasteiger partial charge in [-0.1, -0.05) is 6.92 Å². The molecular formula is C12H20N2O. The average Bonchev–Trinajstić information content (AvgIpc) is 2.42. The summed E-state index contributed by atoms with van der Waals surface area (Å²) in [7, 11) is 0. The molecule has 1 aliphatic heterocycles. The van der Waals surface area contributed by atoms with Crippen molar-refractivity contribution in [1.82, 2.24) is 4.90 Å². The van der Waals surface area contributed by atoms with Crippen LogP contribution < -0.4 is 5.73 Å². The van der Waals surface area contributed by atoms with Crippen LogP contribution in [0.2, 0.25) is 0 Å². The van der Waals surface area contributed by atoms with E-state index >= 15 is 0 Å². The molecule has 0 aromatic heterocycles. The first-order chi connectivity index (χ1) is 7.15. The predicted octanol–water partition coefficient (Wildman–Crippen LogP) is 0.986. The molecule has 1 amide bonds. The highest BCUT2D eigenvalue weighted by Crippen LogP contribution is 2.16. The van der Waals surface area contributed by atoms with Gasteiger partial charge in [-0.2, -0.15) is 0 Å². The fourth-order valence-electron chi connectivity index (χ4n) is 1.93. The molecule has 1 aliphatic rings. The maximum Gasteiger partial charge on any atom is 0.240 e. The summed E-state index contributed by atoms with van der Waals surface area (Å²) in [5.41, 5.74) is 5.71. The van der Waals surface area contributed by atoms with Crippen LogP contribution in [0.4, 0.5) is 0 Å². The van der Waals surface area contributed by atoms with Gasteiger partial charge in [0.25, 0.3) is 0 Å². The number of hydrogen-bond acceptors (Lipinski definition) is 2. The highest BCUT2D eigenvalue weighted by molar-refractivity contribution is 5.82. The van der Waals surface area contributed by atoms with Crippen molar-refractivity contribution in [2.45, 2.75) is 38.6 Å². The van der Waals surface area contributed by atoms with Crippen molar-refractivity contribution < 1.29 is 4.79 Å². The van der Waals surface area contributed by atoms with Crippen LogP contribution in [0.5, 0.6) is 0 Å². The van der Waals surface area contributed by atoms with Gasteiger partial charge >= 0.3 is 0 Å². The van der Waals surface area contributed by atoms with E-state index in [9.17, 15) is 4.79 Å². The highest BCUT2D eigenvalue weighted by atomic mass is 16.2. The number of nitrogens with zero attached hydrogens (tertiary/aromatic N) is 1. The van der Waals surface area contributed by atoms with Crippen LogP contribution in [0, 0.1) is 18.3 Å². The van der Waals surface area contributed by atoms with Crippen LogP contribution in [-0.2, 0) is 4.79 Å². The van der Waals surface area contributed by atoms with Gasteiger partial charge < -0.3 is 10.6 Å². The van der Waals surface area contributed by atoms with Gasteiger partial charge in [0.15, 0.2) is 0 Å². The van der Waals surface area contributed by atoms with Crippen LogP contribution in [-0.4, -0.2) is 29.9 Å². The second-order valence-electron chi connectivity index (χ2n) is 4.38. The first-order valence-corrected chi connectivity index (χ1v) is 5.63. The number of hydrogen-bond donors (Lipinski definition) is 1. The fraction of sp³-hybridized carbons (Fsp3) is 0.750. The molecule has 2 N–H and O–H groups in total. The number of nitrogens with two attached hydrogens (primary N) is 1. The number of carbonyl (C=O) groups excluding carboxylic acids is 1. The van der Waals surface area contributed by atoms with Crippen molar-refractivity contribution in [1.29, 1.82) is 0 Å². The Balaban J connectivity index is 2.48. The van der Waals surface area contributed by atoms with Gasteiger partial charge in [-0.3, -0.25) is 4.79 Å². The second-order valence-corrected chi connectivity index (χ2v) is 4.38. The average molecular weight is 208 g/mol. The summed E-state index contributed by atoms with van der Waals surface area (Å²) in [6.45, 7) is 3.90. The Morgan fingerprint density at radius 3 is 3.00 bits per heavy atom. The lowest BCUT2D eigenvalue weighted by Crippen LogP contribution is -2.44. The molecule has 2 unspecified atom stereocenters. The number of carbonyl (C=O) groups is 1. The number of amides is 1. The van der Waals surface area contributed by atoms with Crippen molar-refractivity contribution in [2.75, 3.05) is 13.1 Å². The lowest BCUT2D eigenvalue weighted by molar-refractivity contribution is -0.132. The van der Waals surface area contributed by atoms with Gasteiger partial charge in [0.2, 0.25) is 5.91 Å². The molecule has 2 atom stereocenters. The van der Waals surface area contributed by atoms with Crippen LogP contribution in [0.3, 0.4) is 0 Å². The van der Waals surface area contributed by atoms with E-state index in [0.29, 0.717) is 12.3 Å². The molecule has 0 aromatic rings. The van der Waals surface area contributed by atoms with Crippen LogP contribution in [0.15, 0.2) is 0 Å². The van der Waals surface area contributed by atoms with Gasteiger partial charge in [-0.25, -0.2) is 0 Å². The molecule has 0 bridgehead atoms. The van der Waals surface area contributed by atoms with Crippen molar-refractivity contribution >= 4 is 5.91 Å². The fourth-order valence-corrected chi connectivity index (χ4v) is 1.93. The Morgan fingerprint density at radius 2 is 2.33 bits per heavy atom. The molecule has 3 nitrogen and oxygen atoms in total. The minimum absolute atomic E-state index is 0.0158. The third kappa shape index (κ3) is 3.56. The monoisotopic (exact) mass is 208 g/mol. The van der Waals surface area contributed by atoms with Crippen LogP contribution >= 0.6 is 0 Å². The van der Waals surface area contributed by atoms with E-state index in [1.54, 1.807) is 0 Å². The van der Waals surface area contributed by atoms with Gasteiger partial charge in [0.05, 0.1) is 6.04 Å². The van der Waals surface area contributed by atoms with Crippen molar-refractivity contribution in [3.05, 3.63) is 0 Å². The van der Waals surface area contributed by atoms with Crippen molar-refractivity contribution in [3.8, 4) is 12.3 Å². The molecule has 0 aromatic carbocycles. The minimum atomic E-state index is -0.511. The summed E-state index contributed by atoms with van der Waals surface area (Å²) >= 11 is 0. The van der Waals surface area contributed by atoms with E-state index in [0.717, 1.165) is 25.9 Å². The van der Waals surface area contributed by atoms with E-state index in [-0.39, 0.29) is 5.91 Å². The van der Waals surface area contributed by atoms with Crippen molar-refractivity contribution in [3.63, 3.8) is 0 Å². The van der Waals surface area contributed by atoms with Crippen LogP contribution in [0.1, 0.15) is 32.6 Å². The van der Waals surface area contributed by atoms with Gasteiger partial charge in [-0.05, 0) is 25.2 Å². The van der Waals surface area contributed by atoms with Gasteiger partial charge in [-0.15, -0.1) is 12.3 Å². The standard InChI is InChI=1S/C12H20N2O/c1-3-5-11(13)12(15)14-8-4-6-10(2)7-9-14/h1,10-11H,4-9,13H2,2H3. The molecule has 15 heavy (non-hydrogen) atoms. The van der Waals surface area contributed by atoms with E-state index < -0.39 is 6.04 Å². The zero-order valence-corrected chi connectivity index (χ0v) is 9.41. The zero-order valence-electron chi connectivity index (χ0n) is 9.41. The number of rotatable bonds is 2. The Labute approximate surface area is 92.0 Å². The third-order valence-electron chi connectivity index (χ3n) is 2.98. The molecule has 1 rings (SSSR count). The molecule has 1 heterocycles. The SMILES string of the molecule is C#CCC(N)C(=O)N1CCCC(C)CC1. The lowest BCUT2D eigenvalue weighted by Gasteiger charge is -2.23. The smallest absolute Gasteiger partial charge is 0.240 e. The normalized spacial score (nSPS) is 24.1. The van der Waals surface area contributed by atoms with Crippen LogP contribution in [0.25, 0.3) is 0 Å². The Morgan fingerprint density at radius 1 is 1.60 bits per heavy atom. The Hall–Kier alpha value is -1.01. The predicted molar refractivity (Wildman–Crippen MR) is 61.0 cm³/mol. The molecule has 1 fully saturated rings. The lowest BCUT2D eigenvalue weighted by atomic mass is 10.0. The van der Waals surface area contributed by atoms with Gasteiger partial charge in [0, 0.05) is 19.5 Å². The maximum atomic E-state index is 11.9. The molecule has 0 saturated carbocycles. The van der Waals surface area contributed by atoms with Gasteiger partial charge in [0.1, 0.15) is 0 Å². The Bertz CT molecular complexity index is 257. The minimum Gasteiger partial charge on any atom is -0.341 e. The van der Waals surface area contributed by atoms with E-state index in [1.807, 2.05) is 4.90 Å². The third-order valence-corrected chi connectivity index (χ3v) is 2.98.